The third kappa shape index (κ3) is 3.70. The molecule has 1 heterocycles. The monoisotopic (exact) mass is 399 g/mol. The van der Waals surface area contributed by atoms with Crippen LogP contribution in [0, 0.1) is 11.6 Å². The molecule has 1 aliphatic heterocycles. The van der Waals surface area contributed by atoms with Gasteiger partial charge in [0.1, 0.15) is 11.6 Å². The Hall–Kier alpha value is -3.29. The van der Waals surface area contributed by atoms with Crippen LogP contribution < -0.4 is 10.6 Å². The Morgan fingerprint density at radius 1 is 0.897 bits per heavy atom. The molecule has 8 heteroatoms. The lowest BCUT2D eigenvalue weighted by Crippen LogP contribution is -2.40. The number of carbonyl (C=O) groups is 3. The number of nitrogens with zero attached hydrogens (tertiary/aromatic N) is 1. The van der Waals surface area contributed by atoms with Crippen LogP contribution in [0.1, 0.15) is 52.8 Å². The molecule has 4 amide bonds. The van der Waals surface area contributed by atoms with Crippen LogP contribution >= 0.6 is 0 Å². The van der Waals surface area contributed by atoms with Gasteiger partial charge in [0.2, 0.25) is 0 Å². The molecule has 2 aromatic rings. The maximum Gasteiger partial charge on any atom is 0.323 e. The van der Waals surface area contributed by atoms with E-state index in [0.717, 1.165) is 50.3 Å². The average molecular weight is 399 g/mol. The molecular formula is C21H19F2N3O3. The summed E-state index contributed by atoms with van der Waals surface area (Å²) < 4.78 is 26.9. The minimum Gasteiger partial charge on any atom is -0.308 e. The van der Waals surface area contributed by atoms with Crippen molar-refractivity contribution in [3.05, 3.63) is 59.2 Å². The zero-order chi connectivity index (χ0) is 20.5. The first-order valence-electron chi connectivity index (χ1n) is 9.49. The number of urea groups is 1. The van der Waals surface area contributed by atoms with E-state index in [1.807, 2.05) is 0 Å². The predicted molar refractivity (Wildman–Crippen MR) is 103 cm³/mol. The summed E-state index contributed by atoms with van der Waals surface area (Å²) in [7, 11) is 0. The molecule has 1 aliphatic carbocycles. The molecule has 0 saturated heterocycles. The largest absolute Gasteiger partial charge is 0.323 e. The van der Waals surface area contributed by atoms with Crippen LogP contribution in [0.5, 0.6) is 0 Å². The van der Waals surface area contributed by atoms with Crippen LogP contribution in [-0.2, 0) is 0 Å². The number of benzene rings is 2. The van der Waals surface area contributed by atoms with Gasteiger partial charge in [-0.25, -0.2) is 13.6 Å². The number of rotatable bonds is 3. The summed E-state index contributed by atoms with van der Waals surface area (Å²) >= 11 is 0. The van der Waals surface area contributed by atoms with Crippen molar-refractivity contribution >= 4 is 29.2 Å². The number of hydrogen-bond donors (Lipinski definition) is 2. The van der Waals surface area contributed by atoms with Gasteiger partial charge in [0.05, 0.1) is 16.8 Å². The number of nitrogens with one attached hydrogen (secondary N) is 2. The van der Waals surface area contributed by atoms with Crippen molar-refractivity contribution in [3.63, 3.8) is 0 Å². The van der Waals surface area contributed by atoms with E-state index in [2.05, 4.69) is 10.6 Å². The zero-order valence-electron chi connectivity index (χ0n) is 15.5. The van der Waals surface area contributed by atoms with E-state index >= 15 is 0 Å². The summed E-state index contributed by atoms with van der Waals surface area (Å²) in [6.07, 6.45) is 4.69. The SMILES string of the molecule is O=C(Nc1ccc2c(c1)C(=O)N(C1CCCCC1)C2=O)Nc1cc(F)ccc1F. The Balaban J connectivity index is 1.50. The van der Waals surface area contributed by atoms with Gasteiger partial charge >= 0.3 is 6.03 Å². The highest BCUT2D eigenvalue weighted by molar-refractivity contribution is 6.22. The molecule has 0 atom stereocenters. The molecule has 2 aromatic carbocycles. The summed E-state index contributed by atoms with van der Waals surface area (Å²) in [5.74, 6) is -2.14. The van der Waals surface area contributed by atoms with E-state index in [-0.39, 0.29) is 34.8 Å². The van der Waals surface area contributed by atoms with E-state index in [1.165, 1.54) is 23.1 Å². The fraction of sp³-hybridized carbons (Fsp3) is 0.286. The van der Waals surface area contributed by atoms with E-state index in [0.29, 0.717) is 5.56 Å². The lowest BCUT2D eigenvalue weighted by molar-refractivity contribution is 0.0549. The first-order valence-corrected chi connectivity index (χ1v) is 9.49. The molecule has 1 fully saturated rings. The van der Waals surface area contributed by atoms with Gasteiger partial charge < -0.3 is 10.6 Å². The van der Waals surface area contributed by atoms with Crippen molar-refractivity contribution in [2.45, 2.75) is 38.1 Å². The van der Waals surface area contributed by atoms with Crippen molar-refractivity contribution in [1.82, 2.24) is 4.90 Å². The minimum absolute atomic E-state index is 0.0909. The molecule has 150 valence electrons. The molecule has 29 heavy (non-hydrogen) atoms. The fourth-order valence-corrected chi connectivity index (χ4v) is 3.89. The second-order valence-corrected chi connectivity index (χ2v) is 7.24. The number of carbonyl (C=O) groups excluding carboxylic acids is 3. The molecule has 6 nitrogen and oxygen atoms in total. The quantitative estimate of drug-likeness (QED) is 0.744. The van der Waals surface area contributed by atoms with Gasteiger partial charge in [-0.3, -0.25) is 14.5 Å². The minimum atomic E-state index is -0.796. The summed E-state index contributed by atoms with van der Waals surface area (Å²) in [5, 5.41) is 4.70. The van der Waals surface area contributed by atoms with Crippen molar-refractivity contribution in [2.75, 3.05) is 10.6 Å². The number of hydrogen-bond acceptors (Lipinski definition) is 3. The van der Waals surface area contributed by atoms with Gasteiger partial charge in [-0.2, -0.15) is 0 Å². The van der Waals surface area contributed by atoms with E-state index < -0.39 is 17.7 Å². The molecule has 0 unspecified atom stereocenters. The third-order valence-corrected chi connectivity index (χ3v) is 5.29. The van der Waals surface area contributed by atoms with Crippen LogP contribution in [0.2, 0.25) is 0 Å². The standard InChI is InChI=1S/C21H19F2N3O3/c22-12-6-9-17(23)18(10-12)25-21(29)24-13-7-8-15-16(11-13)20(28)26(19(15)27)14-4-2-1-3-5-14/h6-11,14H,1-5H2,(H2,24,25,29). The summed E-state index contributed by atoms with van der Waals surface area (Å²) in [4.78, 5) is 38.9. The highest BCUT2D eigenvalue weighted by Crippen LogP contribution is 2.32. The van der Waals surface area contributed by atoms with Crippen LogP contribution in [0.4, 0.5) is 25.0 Å². The maximum atomic E-state index is 13.7. The van der Waals surface area contributed by atoms with Crippen LogP contribution in [0.25, 0.3) is 0 Å². The van der Waals surface area contributed by atoms with Crippen LogP contribution in [0.3, 0.4) is 0 Å². The fourth-order valence-electron chi connectivity index (χ4n) is 3.89. The van der Waals surface area contributed by atoms with Crippen molar-refractivity contribution in [3.8, 4) is 0 Å². The predicted octanol–water partition coefficient (Wildman–Crippen LogP) is 4.54. The zero-order valence-corrected chi connectivity index (χ0v) is 15.5. The van der Waals surface area contributed by atoms with Gasteiger partial charge in [-0.15, -0.1) is 0 Å². The van der Waals surface area contributed by atoms with Gasteiger partial charge in [0, 0.05) is 17.8 Å². The highest BCUT2D eigenvalue weighted by atomic mass is 19.1. The second kappa shape index (κ2) is 7.62. The molecule has 0 radical (unpaired) electrons. The van der Waals surface area contributed by atoms with Crippen molar-refractivity contribution in [2.24, 2.45) is 0 Å². The van der Waals surface area contributed by atoms with Crippen LogP contribution in [0.15, 0.2) is 36.4 Å². The molecule has 1 saturated carbocycles. The molecule has 2 aliphatic rings. The molecular weight excluding hydrogens is 380 g/mol. The van der Waals surface area contributed by atoms with E-state index in [1.54, 1.807) is 0 Å². The van der Waals surface area contributed by atoms with E-state index in [9.17, 15) is 23.2 Å². The maximum absolute atomic E-state index is 13.7. The number of amides is 4. The summed E-state index contributed by atoms with van der Waals surface area (Å²) in [6.45, 7) is 0. The Morgan fingerprint density at radius 3 is 2.38 bits per heavy atom. The van der Waals surface area contributed by atoms with Crippen molar-refractivity contribution in [1.29, 1.82) is 0 Å². The second-order valence-electron chi connectivity index (χ2n) is 7.24. The molecule has 0 bridgehead atoms. The number of imide groups is 1. The smallest absolute Gasteiger partial charge is 0.308 e. The van der Waals surface area contributed by atoms with Gasteiger partial charge in [0.15, 0.2) is 0 Å². The van der Waals surface area contributed by atoms with Gasteiger partial charge in [-0.05, 0) is 43.2 Å². The van der Waals surface area contributed by atoms with Gasteiger partial charge in [-0.1, -0.05) is 19.3 Å². The van der Waals surface area contributed by atoms with Gasteiger partial charge in [0.25, 0.3) is 11.8 Å². The third-order valence-electron chi connectivity index (χ3n) is 5.29. The lowest BCUT2D eigenvalue weighted by atomic mass is 9.94. The first kappa shape index (κ1) is 19.0. The molecule has 0 aromatic heterocycles. The number of fused-ring (bicyclic) bond motifs is 1. The Labute approximate surface area is 165 Å². The summed E-state index contributed by atoms with van der Waals surface area (Å²) in [6, 6.07) is 6.25. The average Bonchev–Trinajstić information content (AvgIpc) is 2.95. The summed E-state index contributed by atoms with van der Waals surface area (Å²) in [5.41, 5.74) is 0.501. The molecule has 4 rings (SSSR count). The van der Waals surface area contributed by atoms with Crippen LogP contribution in [-0.4, -0.2) is 28.8 Å². The van der Waals surface area contributed by atoms with E-state index in [4.69, 9.17) is 0 Å². The Kier molecular flexibility index (Phi) is 5.00. The normalized spacial score (nSPS) is 16.7. The Morgan fingerprint density at radius 2 is 1.62 bits per heavy atom. The topological polar surface area (TPSA) is 78.5 Å². The Bertz CT molecular complexity index is 1000. The number of halogens is 2. The molecule has 0 spiro atoms. The van der Waals surface area contributed by atoms with Crippen molar-refractivity contribution < 1.29 is 23.2 Å². The molecule has 2 N–H and O–H groups in total. The lowest BCUT2D eigenvalue weighted by Gasteiger charge is -2.29. The first-order chi connectivity index (χ1) is 13.9. The number of anilines is 2. The highest BCUT2D eigenvalue weighted by Gasteiger charge is 2.40.